The lowest BCUT2D eigenvalue weighted by Crippen LogP contribution is -2.07. The molecule has 0 aromatic heterocycles. The molecule has 0 spiro atoms. The van der Waals surface area contributed by atoms with Crippen molar-refractivity contribution in [2.45, 2.75) is 13.3 Å². The highest BCUT2D eigenvalue weighted by atomic mass is 16.5. The summed E-state index contributed by atoms with van der Waals surface area (Å²) in [5, 5.41) is 21.5. The Morgan fingerprint density at radius 3 is 1.75 bits per heavy atom. The fourth-order valence-corrected chi connectivity index (χ4v) is 0.714. The van der Waals surface area contributed by atoms with Crippen molar-refractivity contribution in [1.29, 1.82) is 0 Å². The maximum absolute atomic E-state index is 7.17. The minimum Gasteiger partial charge on any atom is -0.402 e. The van der Waals surface area contributed by atoms with Gasteiger partial charge in [0.1, 0.15) is 0 Å². The molecule has 0 aliphatic heterocycles. The minimum atomic E-state index is -2.17. The Bertz CT molecular complexity index is 186. The SMILES string of the molecule is CCc1ccccc1.OB(O)O. The van der Waals surface area contributed by atoms with E-state index in [1.165, 1.54) is 5.56 Å². The van der Waals surface area contributed by atoms with Crippen LogP contribution in [0, 0.1) is 0 Å². The molecule has 4 heteroatoms. The minimum absolute atomic E-state index is 1.14. The van der Waals surface area contributed by atoms with Gasteiger partial charge in [-0.15, -0.1) is 0 Å². The molecule has 0 bridgehead atoms. The third-order valence-electron chi connectivity index (χ3n) is 1.25. The van der Waals surface area contributed by atoms with Gasteiger partial charge in [-0.2, -0.15) is 0 Å². The van der Waals surface area contributed by atoms with Gasteiger partial charge in [-0.1, -0.05) is 37.3 Å². The molecule has 3 N–H and O–H groups in total. The second-order valence-electron chi connectivity index (χ2n) is 2.19. The maximum Gasteiger partial charge on any atom is 0.631 e. The monoisotopic (exact) mass is 168 g/mol. The highest BCUT2D eigenvalue weighted by Crippen LogP contribution is 1.96. The number of rotatable bonds is 1. The van der Waals surface area contributed by atoms with Gasteiger partial charge < -0.3 is 15.1 Å². The van der Waals surface area contributed by atoms with Crippen molar-refractivity contribution in [2.24, 2.45) is 0 Å². The summed E-state index contributed by atoms with van der Waals surface area (Å²) in [6.45, 7) is 2.16. The first-order chi connectivity index (χ1) is 5.66. The van der Waals surface area contributed by atoms with Gasteiger partial charge in [-0.05, 0) is 12.0 Å². The number of benzene rings is 1. The van der Waals surface area contributed by atoms with Crippen molar-refractivity contribution in [3.63, 3.8) is 0 Å². The third kappa shape index (κ3) is 7.27. The largest absolute Gasteiger partial charge is 0.631 e. The van der Waals surface area contributed by atoms with Gasteiger partial charge in [0.2, 0.25) is 0 Å². The predicted octanol–water partition coefficient (Wildman–Crippen LogP) is 0.197. The molecule has 12 heavy (non-hydrogen) atoms. The standard InChI is InChI=1S/C8H10.BH3O3/c1-2-8-6-4-3-5-7-8;2-1(3)4/h3-7H,2H2,1H3;2-4H. The molecule has 0 heterocycles. The van der Waals surface area contributed by atoms with E-state index in [0.717, 1.165) is 6.42 Å². The van der Waals surface area contributed by atoms with Crippen molar-refractivity contribution in [3.8, 4) is 0 Å². The van der Waals surface area contributed by atoms with Gasteiger partial charge in [0.15, 0.2) is 0 Å². The van der Waals surface area contributed by atoms with Crippen molar-refractivity contribution in [3.05, 3.63) is 35.9 Å². The number of hydrogen-bond donors (Lipinski definition) is 3. The summed E-state index contributed by atoms with van der Waals surface area (Å²) < 4.78 is 0. The van der Waals surface area contributed by atoms with E-state index in [1.807, 2.05) is 6.07 Å². The Balaban J connectivity index is 0.000000261. The summed E-state index contributed by atoms with van der Waals surface area (Å²) >= 11 is 0. The van der Waals surface area contributed by atoms with Gasteiger partial charge in [0, 0.05) is 0 Å². The highest BCUT2D eigenvalue weighted by molar-refractivity contribution is 6.30. The first-order valence-corrected chi connectivity index (χ1v) is 3.75. The first-order valence-electron chi connectivity index (χ1n) is 3.75. The van der Waals surface area contributed by atoms with Crippen molar-refractivity contribution < 1.29 is 15.1 Å². The normalized spacial score (nSPS) is 8.33. The zero-order chi connectivity index (χ0) is 9.40. The van der Waals surface area contributed by atoms with E-state index < -0.39 is 7.32 Å². The summed E-state index contributed by atoms with van der Waals surface area (Å²) in [4.78, 5) is 0. The first kappa shape index (κ1) is 11.2. The van der Waals surface area contributed by atoms with Crippen LogP contribution >= 0.6 is 0 Å². The average Bonchev–Trinajstić information content (AvgIpc) is 2.05. The van der Waals surface area contributed by atoms with E-state index in [0.29, 0.717) is 0 Å². The van der Waals surface area contributed by atoms with Gasteiger partial charge in [-0.25, -0.2) is 0 Å². The Hall–Kier alpha value is -0.835. The van der Waals surface area contributed by atoms with Gasteiger partial charge in [0.05, 0.1) is 0 Å². The third-order valence-corrected chi connectivity index (χ3v) is 1.25. The zero-order valence-electron chi connectivity index (χ0n) is 7.01. The molecular formula is C8H13BO3. The predicted molar refractivity (Wildman–Crippen MR) is 48.2 cm³/mol. The summed E-state index contributed by atoms with van der Waals surface area (Å²) in [5.41, 5.74) is 1.41. The topological polar surface area (TPSA) is 60.7 Å². The Morgan fingerprint density at radius 2 is 1.50 bits per heavy atom. The molecule has 66 valence electrons. The lowest BCUT2D eigenvalue weighted by atomic mass is 10.2. The van der Waals surface area contributed by atoms with Crippen LogP contribution in [0.5, 0.6) is 0 Å². The van der Waals surface area contributed by atoms with E-state index in [-0.39, 0.29) is 0 Å². The van der Waals surface area contributed by atoms with E-state index in [2.05, 4.69) is 31.2 Å². The van der Waals surface area contributed by atoms with Crippen LogP contribution < -0.4 is 0 Å². The molecule has 0 atom stereocenters. The fourth-order valence-electron chi connectivity index (χ4n) is 0.714. The van der Waals surface area contributed by atoms with Gasteiger partial charge in [0.25, 0.3) is 0 Å². The van der Waals surface area contributed by atoms with E-state index in [9.17, 15) is 0 Å². The summed E-state index contributed by atoms with van der Waals surface area (Å²) in [6, 6.07) is 10.5. The molecule has 0 radical (unpaired) electrons. The number of aryl methyl sites for hydroxylation is 1. The lowest BCUT2D eigenvalue weighted by molar-refractivity contribution is 0.278. The Kier molecular flexibility index (Phi) is 6.37. The average molecular weight is 168 g/mol. The van der Waals surface area contributed by atoms with Crippen molar-refractivity contribution in [2.75, 3.05) is 0 Å². The summed E-state index contributed by atoms with van der Waals surface area (Å²) in [6.07, 6.45) is 1.14. The van der Waals surface area contributed by atoms with Crippen LogP contribution in [0.25, 0.3) is 0 Å². The van der Waals surface area contributed by atoms with Crippen LogP contribution in [0.3, 0.4) is 0 Å². The van der Waals surface area contributed by atoms with Crippen LogP contribution in [-0.4, -0.2) is 22.4 Å². The molecule has 0 aliphatic rings. The van der Waals surface area contributed by atoms with E-state index in [1.54, 1.807) is 0 Å². The molecule has 0 amide bonds. The van der Waals surface area contributed by atoms with Gasteiger partial charge >= 0.3 is 7.32 Å². The molecule has 0 fully saturated rings. The quantitative estimate of drug-likeness (QED) is 0.524. The second-order valence-corrected chi connectivity index (χ2v) is 2.19. The van der Waals surface area contributed by atoms with Crippen LogP contribution in [0.15, 0.2) is 30.3 Å². The molecule has 1 aromatic carbocycles. The van der Waals surface area contributed by atoms with E-state index in [4.69, 9.17) is 15.1 Å². The Labute approximate surface area is 72.5 Å². The Morgan fingerprint density at radius 1 is 1.08 bits per heavy atom. The van der Waals surface area contributed by atoms with Gasteiger partial charge in [-0.3, -0.25) is 0 Å². The fraction of sp³-hybridized carbons (Fsp3) is 0.250. The molecule has 1 aromatic rings. The van der Waals surface area contributed by atoms with E-state index >= 15 is 0 Å². The zero-order valence-corrected chi connectivity index (χ0v) is 7.01. The number of hydrogen-bond acceptors (Lipinski definition) is 3. The highest BCUT2D eigenvalue weighted by Gasteiger charge is 1.92. The smallest absolute Gasteiger partial charge is 0.402 e. The molecular weight excluding hydrogens is 155 g/mol. The van der Waals surface area contributed by atoms with Crippen LogP contribution in [0.4, 0.5) is 0 Å². The van der Waals surface area contributed by atoms with Crippen molar-refractivity contribution >= 4 is 7.32 Å². The molecule has 1 rings (SSSR count). The summed E-state index contributed by atoms with van der Waals surface area (Å²) in [5.74, 6) is 0. The van der Waals surface area contributed by atoms with Crippen LogP contribution in [0.2, 0.25) is 0 Å². The molecule has 3 nitrogen and oxygen atoms in total. The lowest BCUT2D eigenvalue weighted by Gasteiger charge is -1.89. The summed E-state index contributed by atoms with van der Waals surface area (Å²) in [7, 11) is -2.17. The molecule has 0 saturated heterocycles. The molecule has 0 saturated carbocycles. The second kappa shape index (κ2) is 6.85. The molecule has 0 unspecified atom stereocenters. The van der Waals surface area contributed by atoms with Crippen LogP contribution in [0.1, 0.15) is 12.5 Å². The molecule has 0 aliphatic carbocycles. The van der Waals surface area contributed by atoms with Crippen LogP contribution in [-0.2, 0) is 6.42 Å². The van der Waals surface area contributed by atoms with Crippen molar-refractivity contribution in [1.82, 2.24) is 0 Å². The maximum atomic E-state index is 7.17.